The normalized spacial score (nSPS) is 22.9. The molecule has 1 aliphatic rings. The first kappa shape index (κ1) is 13.5. The lowest BCUT2D eigenvalue weighted by Crippen LogP contribution is -2.45. The van der Waals surface area contributed by atoms with Crippen molar-refractivity contribution in [3.05, 3.63) is 34.6 Å². The van der Waals surface area contributed by atoms with Gasteiger partial charge in [0.15, 0.2) is 0 Å². The van der Waals surface area contributed by atoms with E-state index in [1.54, 1.807) is 0 Å². The molecular formula is C15H22FNO. The minimum absolute atomic E-state index is 0.0844. The predicted molar refractivity (Wildman–Crippen MR) is 71.1 cm³/mol. The molecule has 1 N–H and O–H groups in total. The van der Waals surface area contributed by atoms with Crippen molar-refractivity contribution >= 4 is 0 Å². The van der Waals surface area contributed by atoms with E-state index in [0.717, 1.165) is 42.7 Å². The van der Waals surface area contributed by atoms with Gasteiger partial charge < -0.3 is 10.1 Å². The SMILES string of the molecule is CCOC1CC(NCc2cc(C)c(F)c(C)c2)C1. The van der Waals surface area contributed by atoms with Crippen molar-refractivity contribution in [2.75, 3.05) is 6.61 Å². The van der Waals surface area contributed by atoms with Gasteiger partial charge in [0.25, 0.3) is 0 Å². The minimum atomic E-state index is -0.0844. The fourth-order valence-corrected chi connectivity index (χ4v) is 2.50. The molecule has 0 radical (unpaired) electrons. The Morgan fingerprint density at radius 3 is 2.44 bits per heavy atom. The van der Waals surface area contributed by atoms with Crippen molar-refractivity contribution in [2.24, 2.45) is 0 Å². The first-order valence-electron chi connectivity index (χ1n) is 6.70. The van der Waals surface area contributed by atoms with E-state index in [-0.39, 0.29) is 5.82 Å². The zero-order valence-electron chi connectivity index (χ0n) is 11.4. The molecule has 100 valence electrons. The van der Waals surface area contributed by atoms with E-state index in [4.69, 9.17) is 4.74 Å². The molecule has 1 aromatic carbocycles. The van der Waals surface area contributed by atoms with Crippen molar-refractivity contribution < 1.29 is 9.13 Å². The molecule has 0 heterocycles. The molecule has 0 atom stereocenters. The average molecular weight is 251 g/mol. The van der Waals surface area contributed by atoms with Crippen molar-refractivity contribution in [1.29, 1.82) is 0 Å². The molecule has 18 heavy (non-hydrogen) atoms. The van der Waals surface area contributed by atoms with Gasteiger partial charge in [-0.25, -0.2) is 4.39 Å². The van der Waals surface area contributed by atoms with Crippen molar-refractivity contribution in [2.45, 2.75) is 52.3 Å². The second kappa shape index (κ2) is 5.81. The zero-order chi connectivity index (χ0) is 13.1. The number of benzene rings is 1. The number of ether oxygens (including phenoxy) is 1. The van der Waals surface area contributed by atoms with Crippen LogP contribution < -0.4 is 5.32 Å². The van der Waals surface area contributed by atoms with Crippen LogP contribution in [-0.2, 0) is 11.3 Å². The lowest BCUT2D eigenvalue weighted by molar-refractivity contribution is -0.0102. The van der Waals surface area contributed by atoms with Gasteiger partial charge in [-0.3, -0.25) is 0 Å². The average Bonchev–Trinajstić information content (AvgIpc) is 2.28. The van der Waals surface area contributed by atoms with Crippen LogP contribution in [0.1, 0.15) is 36.5 Å². The van der Waals surface area contributed by atoms with Gasteiger partial charge in [-0.1, -0.05) is 12.1 Å². The van der Waals surface area contributed by atoms with Crippen LogP contribution in [-0.4, -0.2) is 18.8 Å². The highest BCUT2D eigenvalue weighted by Gasteiger charge is 2.28. The van der Waals surface area contributed by atoms with E-state index in [1.165, 1.54) is 0 Å². The molecule has 0 bridgehead atoms. The lowest BCUT2D eigenvalue weighted by atomic mass is 9.89. The number of hydrogen-bond acceptors (Lipinski definition) is 2. The molecule has 1 fully saturated rings. The molecule has 0 amide bonds. The van der Waals surface area contributed by atoms with Crippen LogP contribution in [0.2, 0.25) is 0 Å². The highest BCUT2D eigenvalue weighted by atomic mass is 19.1. The van der Waals surface area contributed by atoms with Gasteiger partial charge in [0, 0.05) is 19.2 Å². The molecule has 1 saturated carbocycles. The number of aryl methyl sites for hydroxylation is 2. The van der Waals surface area contributed by atoms with E-state index in [9.17, 15) is 4.39 Å². The summed E-state index contributed by atoms with van der Waals surface area (Å²) in [4.78, 5) is 0. The molecule has 0 unspecified atom stereocenters. The maximum Gasteiger partial charge on any atom is 0.129 e. The molecule has 2 nitrogen and oxygen atoms in total. The summed E-state index contributed by atoms with van der Waals surface area (Å²) in [5.74, 6) is -0.0844. The third kappa shape index (κ3) is 3.09. The van der Waals surface area contributed by atoms with Gasteiger partial charge in [0.05, 0.1) is 6.10 Å². The van der Waals surface area contributed by atoms with E-state index < -0.39 is 0 Å². The highest BCUT2D eigenvalue weighted by molar-refractivity contribution is 5.30. The number of rotatable bonds is 5. The Labute approximate surface area is 109 Å². The van der Waals surface area contributed by atoms with Crippen molar-refractivity contribution in [3.63, 3.8) is 0 Å². The number of nitrogens with one attached hydrogen (secondary N) is 1. The second-order valence-electron chi connectivity index (χ2n) is 5.17. The molecule has 0 aliphatic heterocycles. The first-order valence-corrected chi connectivity index (χ1v) is 6.70. The summed E-state index contributed by atoms with van der Waals surface area (Å²) < 4.78 is 19.0. The van der Waals surface area contributed by atoms with E-state index in [0.29, 0.717) is 12.1 Å². The molecular weight excluding hydrogens is 229 g/mol. The Morgan fingerprint density at radius 1 is 1.28 bits per heavy atom. The van der Waals surface area contributed by atoms with Gasteiger partial charge in [-0.15, -0.1) is 0 Å². The monoisotopic (exact) mass is 251 g/mol. The lowest BCUT2D eigenvalue weighted by Gasteiger charge is -2.35. The van der Waals surface area contributed by atoms with Crippen LogP contribution in [0.25, 0.3) is 0 Å². The van der Waals surface area contributed by atoms with E-state index in [2.05, 4.69) is 5.32 Å². The van der Waals surface area contributed by atoms with Gasteiger partial charge in [-0.05, 0) is 50.3 Å². The Balaban J connectivity index is 1.81. The fourth-order valence-electron chi connectivity index (χ4n) is 2.50. The molecule has 1 aliphatic carbocycles. The number of halogens is 1. The van der Waals surface area contributed by atoms with Gasteiger partial charge in [-0.2, -0.15) is 0 Å². The molecule has 1 aromatic rings. The third-order valence-corrected chi connectivity index (χ3v) is 3.59. The quantitative estimate of drug-likeness (QED) is 0.868. The topological polar surface area (TPSA) is 21.3 Å². The molecule has 0 aromatic heterocycles. The summed E-state index contributed by atoms with van der Waals surface area (Å²) in [5, 5.41) is 3.50. The smallest absolute Gasteiger partial charge is 0.129 e. The Hall–Kier alpha value is -0.930. The van der Waals surface area contributed by atoms with E-state index >= 15 is 0 Å². The predicted octanol–water partition coefficient (Wildman–Crippen LogP) is 3.10. The van der Waals surface area contributed by atoms with Crippen LogP contribution in [0.5, 0.6) is 0 Å². The first-order chi connectivity index (χ1) is 8.60. The van der Waals surface area contributed by atoms with Gasteiger partial charge >= 0.3 is 0 Å². The standard InChI is InChI=1S/C15H22FNO/c1-4-18-14-7-13(8-14)17-9-12-5-10(2)15(16)11(3)6-12/h5-6,13-14,17H,4,7-9H2,1-3H3. The molecule has 0 spiro atoms. The van der Waals surface area contributed by atoms with Crippen LogP contribution in [0.4, 0.5) is 4.39 Å². The molecule has 0 saturated heterocycles. The summed E-state index contributed by atoms with van der Waals surface area (Å²) in [6, 6.07) is 4.40. The largest absolute Gasteiger partial charge is 0.378 e. The zero-order valence-corrected chi connectivity index (χ0v) is 11.4. The van der Waals surface area contributed by atoms with Crippen molar-refractivity contribution in [3.8, 4) is 0 Å². The minimum Gasteiger partial charge on any atom is -0.378 e. The summed E-state index contributed by atoms with van der Waals surface area (Å²) in [5.41, 5.74) is 2.62. The Bertz CT molecular complexity index is 390. The summed E-state index contributed by atoms with van der Waals surface area (Å²) >= 11 is 0. The van der Waals surface area contributed by atoms with Crippen LogP contribution in [0, 0.1) is 19.7 Å². The summed E-state index contributed by atoms with van der Waals surface area (Å²) in [6.07, 6.45) is 2.61. The van der Waals surface area contributed by atoms with Gasteiger partial charge in [0.2, 0.25) is 0 Å². The van der Waals surface area contributed by atoms with Crippen LogP contribution >= 0.6 is 0 Å². The molecule has 3 heteroatoms. The maximum atomic E-state index is 13.5. The van der Waals surface area contributed by atoms with E-state index in [1.807, 2.05) is 32.9 Å². The second-order valence-corrected chi connectivity index (χ2v) is 5.17. The summed E-state index contributed by atoms with van der Waals surface area (Å²) in [6.45, 7) is 7.28. The van der Waals surface area contributed by atoms with Crippen molar-refractivity contribution in [1.82, 2.24) is 5.32 Å². The number of hydrogen-bond donors (Lipinski definition) is 1. The third-order valence-electron chi connectivity index (χ3n) is 3.59. The molecule has 2 rings (SSSR count). The van der Waals surface area contributed by atoms with Gasteiger partial charge in [0.1, 0.15) is 5.82 Å². The van der Waals surface area contributed by atoms with Crippen LogP contribution in [0.3, 0.4) is 0 Å². The Kier molecular flexibility index (Phi) is 4.36. The maximum absolute atomic E-state index is 13.5. The van der Waals surface area contributed by atoms with Crippen LogP contribution in [0.15, 0.2) is 12.1 Å². The Morgan fingerprint density at radius 2 is 1.89 bits per heavy atom. The summed E-state index contributed by atoms with van der Waals surface area (Å²) in [7, 11) is 0. The fraction of sp³-hybridized carbons (Fsp3) is 0.600. The highest BCUT2D eigenvalue weighted by Crippen LogP contribution is 2.24.